The van der Waals surface area contributed by atoms with Gasteiger partial charge in [-0.3, -0.25) is 0 Å². The number of hydrogen-bond acceptors (Lipinski definition) is 5. The third-order valence-electron chi connectivity index (χ3n) is 4.11. The van der Waals surface area contributed by atoms with Crippen molar-refractivity contribution >= 4 is 11.6 Å². The molecule has 3 rings (SSSR count). The zero-order valence-electron chi connectivity index (χ0n) is 11.8. The fourth-order valence-corrected chi connectivity index (χ4v) is 2.69. The lowest BCUT2D eigenvalue weighted by molar-refractivity contribution is 0.260. The molecule has 1 saturated heterocycles. The van der Waals surface area contributed by atoms with Gasteiger partial charge in [-0.05, 0) is 46.2 Å². The summed E-state index contributed by atoms with van der Waals surface area (Å²) in [5.74, 6) is 3.03. The smallest absolute Gasteiger partial charge is 0.136 e. The molecule has 0 aromatic carbocycles. The second kappa shape index (κ2) is 4.96. The van der Waals surface area contributed by atoms with E-state index in [0.29, 0.717) is 17.8 Å². The third kappa shape index (κ3) is 2.81. The van der Waals surface area contributed by atoms with Crippen LogP contribution in [0.3, 0.4) is 0 Å². The first-order chi connectivity index (χ1) is 9.13. The monoisotopic (exact) mass is 261 g/mol. The second-order valence-electron chi connectivity index (χ2n) is 5.96. The number of nitrogens with zero attached hydrogens (tertiary/aromatic N) is 3. The van der Waals surface area contributed by atoms with E-state index in [1.54, 1.807) is 0 Å². The van der Waals surface area contributed by atoms with E-state index in [0.717, 1.165) is 23.8 Å². The minimum absolute atomic E-state index is 0.471. The number of anilines is 2. The van der Waals surface area contributed by atoms with E-state index in [4.69, 9.17) is 10.7 Å². The molecule has 1 unspecified atom stereocenters. The summed E-state index contributed by atoms with van der Waals surface area (Å²) < 4.78 is 0. The highest BCUT2D eigenvalue weighted by Gasteiger charge is 2.28. The van der Waals surface area contributed by atoms with Crippen LogP contribution in [0.1, 0.15) is 43.0 Å². The maximum Gasteiger partial charge on any atom is 0.136 e. The van der Waals surface area contributed by atoms with E-state index < -0.39 is 0 Å². The van der Waals surface area contributed by atoms with Gasteiger partial charge in [0.1, 0.15) is 17.5 Å². The van der Waals surface area contributed by atoms with Gasteiger partial charge in [-0.25, -0.2) is 9.97 Å². The molecule has 1 aliphatic heterocycles. The van der Waals surface area contributed by atoms with E-state index >= 15 is 0 Å². The molecule has 2 fully saturated rings. The molecule has 0 bridgehead atoms. The largest absolute Gasteiger partial charge is 0.383 e. The summed E-state index contributed by atoms with van der Waals surface area (Å²) in [7, 11) is 2.17. The number of piperidine rings is 1. The molecule has 1 saturated carbocycles. The molecule has 0 radical (unpaired) electrons. The Morgan fingerprint density at radius 3 is 2.74 bits per heavy atom. The first kappa shape index (κ1) is 12.7. The van der Waals surface area contributed by atoms with Crippen LogP contribution < -0.4 is 11.1 Å². The number of nitrogen functional groups attached to an aromatic ring is 1. The Hall–Kier alpha value is -1.36. The predicted octanol–water partition coefficient (Wildman–Crippen LogP) is 1.75. The van der Waals surface area contributed by atoms with Gasteiger partial charge in [0, 0.05) is 24.1 Å². The second-order valence-corrected chi connectivity index (χ2v) is 5.96. The van der Waals surface area contributed by atoms with Crippen molar-refractivity contribution in [2.24, 2.45) is 0 Å². The quantitative estimate of drug-likeness (QED) is 0.867. The summed E-state index contributed by atoms with van der Waals surface area (Å²) in [6.45, 7) is 4.26. The summed E-state index contributed by atoms with van der Waals surface area (Å²) >= 11 is 0. The van der Waals surface area contributed by atoms with Crippen molar-refractivity contribution in [3.8, 4) is 0 Å². The first-order valence-corrected chi connectivity index (χ1v) is 7.22. The van der Waals surface area contributed by atoms with Gasteiger partial charge < -0.3 is 16.0 Å². The van der Waals surface area contributed by atoms with Crippen molar-refractivity contribution in [2.45, 2.75) is 44.6 Å². The predicted molar refractivity (Wildman–Crippen MR) is 77.3 cm³/mol. The molecule has 3 N–H and O–H groups in total. The van der Waals surface area contributed by atoms with E-state index in [-0.39, 0.29) is 0 Å². The van der Waals surface area contributed by atoms with Gasteiger partial charge in [-0.2, -0.15) is 0 Å². The molecule has 5 nitrogen and oxygen atoms in total. The van der Waals surface area contributed by atoms with Crippen LogP contribution >= 0.6 is 0 Å². The van der Waals surface area contributed by atoms with Crippen LogP contribution in [-0.4, -0.2) is 41.0 Å². The lowest BCUT2D eigenvalue weighted by Crippen LogP contribution is -2.40. The Balaban J connectivity index is 1.78. The molecule has 0 amide bonds. The molecule has 1 atom stereocenters. The highest BCUT2D eigenvalue weighted by atomic mass is 15.2. The Kier molecular flexibility index (Phi) is 3.31. The average Bonchev–Trinajstić information content (AvgIpc) is 3.19. The molecular formula is C14H23N5. The van der Waals surface area contributed by atoms with Crippen LogP contribution in [0.25, 0.3) is 0 Å². The van der Waals surface area contributed by atoms with Crippen molar-refractivity contribution in [3.63, 3.8) is 0 Å². The molecule has 1 aromatic rings. The number of nitrogens with two attached hydrogens (primary N) is 1. The van der Waals surface area contributed by atoms with Gasteiger partial charge in [-0.15, -0.1) is 0 Å². The Morgan fingerprint density at radius 2 is 2.05 bits per heavy atom. The summed E-state index contributed by atoms with van der Waals surface area (Å²) in [5, 5.41) is 3.57. The molecule has 2 aliphatic rings. The molecule has 1 aliphatic carbocycles. The number of aromatic nitrogens is 2. The standard InChI is InChI=1S/C14H23N5/c1-9-12(15)17-14(10-5-6-10)18-13(9)16-11-4-3-7-19(2)8-11/h10-11H,3-8H2,1-2H3,(H3,15,16,17,18). The molecular weight excluding hydrogens is 238 g/mol. The highest BCUT2D eigenvalue weighted by Crippen LogP contribution is 2.39. The first-order valence-electron chi connectivity index (χ1n) is 7.22. The molecule has 19 heavy (non-hydrogen) atoms. The maximum absolute atomic E-state index is 6.02. The number of hydrogen-bond donors (Lipinski definition) is 2. The number of likely N-dealkylation sites (tertiary alicyclic amines) is 1. The van der Waals surface area contributed by atoms with Gasteiger partial charge in [-0.1, -0.05) is 0 Å². The van der Waals surface area contributed by atoms with E-state index in [1.807, 2.05) is 6.92 Å². The average molecular weight is 261 g/mol. The van der Waals surface area contributed by atoms with Crippen molar-refractivity contribution in [3.05, 3.63) is 11.4 Å². The lowest BCUT2D eigenvalue weighted by atomic mass is 10.1. The molecule has 1 aromatic heterocycles. The number of rotatable bonds is 3. The summed E-state index contributed by atoms with van der Waals surface area (Å²) in [5.41, 5.74) is 7.00. The lowest BCUT2D eigenvalue weighted by Gasteiger charge is -2.31. The zero-order valence-corrected chi connectivity index (χ0v) is 11.8. The van der Waals surface area contributed by atoms with Crippen LogP contribution in [0.2, 0.25) is 0 Å². The zero-order chi connectivity index (χ0) is 13.4. The van der Waals surface area contributed by atoms with Crippen molar-refractivity contribution < 1.29 is 0 Å². The Labute approximate surface area is 114 Å². The van der Waals surface area contributed by atoms with Crippen LogP contribution in [0, 0.1) is 6.92 Å². The summed E-state index contributed by atoms with van der Waals surface area (Å²) in [4.78, 5) is 11.5. The van der Waals surface area contributed by atoms with Crippen LogP contribution in [0.15, 0.2) is 0 Å². The minimum atomic E-state index is 0.471. The fourth-order valence-electron chi connectivity index (χ4n) is 2.69. The van der Waals surface area contributed by atoms with Gasteiger partial charge in [0.05, 0.1) is 0 Å². The number of nitrogens with one attached hydrogen (secondary N) is 1. The minimum Gasteiger partial charge on any atom is -0.383 e. The van der Waals surface area contributed by atoms with Gasteiger partial charge in [0.15, 0.2) is 0 Å². The van der Waals surface area contributed by atoms with E-state index in [1.165, 1.54) is 32.2 Å². The van der Waals surface area contributed by atoms with Gasteiger partial charge in [0.25, 0.3) is 0 Å². The van der Waals surface area contributed by atoms with Crippen molar-refractivity contribution in [1.29, 1.82) is 0 Å². The molecule has 104 valence electrons. The van der Waals surface area contributed by atoms with Gasteiger partial charge >= 0.3 is 0 Å². The molecule has 0 spiro atoms. The van der Waals surface area contributed by atoms with Crippen LogP contribution in [0.4, 0.5) is 11.6 Å². The Morgan fingerprint density at radius 1 is 1.26 bits per heavy atom. The molecule has 5 heteroatoms. The summed E-state index contributed by atoms with van der Waals surface area (Å²) in [6, 6.07) is 0.471. The van der Waals surface area contributed by atoms with E-state index in [2.05, 4.69) is 22.2 Å². The topological polar surface area (TPSA) is 67.1 Å². The molecule has 2 heterocycles. The fraction of sp³-hybridized carbons (Fsp3) is 0.714. The van der Waals surface area contributed by atoms with Crippen molar-refractivity contribution in [1.82, 2.24) is 14.9 Å². The number of likely N-dealkylation sites (N-methyl/N-ethyl adjacent to an activating group) is 1. The summed E-state index contributed by atoms with van der Waals surface area (Å²) in [6.07, 6.45) is 4.85. The van der Waals surface area contributed by atoms with Crippen LogP contribution in [0.5, 0.6) is 0 Å². The van der Waals surface area contributed by atoms with E-state index in [9.17, 15) is 0 Å². The normalized spacial score (nSPS) is 24.4. The van der Waals surface area contributed by atoms with Crippen molar-refractivity contribution in [2.75, 3.05) is 31.2 Å². The van der Waals surface area contributed by atoms with Gasteiger partial charge in [0.2, 0.25) is 0 Å². The Bertz CT molecular complexity index is 469. The maximum atomic E-state index is 6.02. The SMILES string of the molecule is Cc1c(N)nc(C2CC2)nc1NC1CCCN(C)C1. The third-order valence-corrected chi connectivity index (χ3v) is 4.11. The van der Waals surface area contributed by atoms with Crippen LogP contribution in [-0.2, 0) is 0 Å². The highest BCUT2D eigenvalue weighted by molar-refractivity contribution is 5.55.